The second-order valence-electron chi connectivity index (χ2n) is 10.0. The Bertz CT molecular complexity index is 1290. The molecule has 3 aliphatic heterocycles. The Morgan fingerprint density at radius 3 is 2.80 bits per heavy atom. The molecule has 184 valence electrons. The lowest BCUT2D eigenvalue weighted by Crippen LogP contribution is -2.36. The Balaban J connectivity index is 1.47. The summed E-state index contributed by atoms with van der Waals surface area (Å²) < 4.78 is 9.69. The Morgan fingerprint density at radius 2 is 2.09 bits per heavy atom. The zero-order valence-electron chi connectivity index (χ0n) is 20.5. The van der Waals surface area contributed by atoms with E-state index in [0.717, 1.165) is 67.2 Å². The number of hydrogen-bond donors (Lipinski definition) is 0. The average molecular weight is 495 g/mol. The van der Waals surface area contributed by atoms with Crippen LogP contribution in [-0.4, -0.2) is 56.7 Å². The van der Waals surface area contributed by atoms with E-state index in [0.29, 0.717) is 24.1 Å². The third-order valence-corrected chi connectivity index (χ3v) is 8.07. The molecule has 6 rings (SSSR count). The first-order valence-electron chi connectivity index (χ1n) is 12.4. The standard InChI is InChI=1S/C26H31ClN6O2/c1-16-4-8-32(25-11-23(27)21(10-20(16)25)18-12-28-30(3)13-18)26-22-14-31(17(2)34)7-5-24(22)33(29-26)19-6-9-35-15-19/h10-13,16,19H,4-9,14-15H2,1-3H3/t16?,19-/m0/s1. The number of benzene rings is 1. The topological polar surface area (TPSA) is 68.4 Å². The molecule has 3 aromatic rings. The van der Waals surface area contributed by atoms with E-state index in [1.807, 2.05) is 24.3 Å². The molecule has 2 aromatic heterocycles. The molecule has 0 N–H and O–H groups in total. The number of fused-ring (bicyclic) bond motifs is 2. The summed E-state index contributed by atoms with van der Waals surface area (Å²) in [4.78, 5) is 16.5. The normalized spacial score (nSPS) is 21.8. The maximum absolute atomic E-state index is 12.3. The van der Waals surface area contributed by atoms with Crippen LogP contribution in [0.4, 0.5) is 11.5 Å². The third-order valence-electron chi connectivity index (χ3n) is 7.76. The van der Waals surface area contributed by atoms with Crippen LogP contribution in [0.15, 0.2) is 24.5 Å². The van der Waals surface area contributed by atoms with Crippen LogP contribution in [0.3, 0.4) is 0 Å². The predicted octanol–water partition coefficient (Wildman–Crippen LogP) is 4.45. The van der Waals surface area contributed by atoms with E-state index in [-0.39, 0.29) is 11.9 Å². The summed E-state index contributed by atoms with van der Waals surface area (Å²) in [6.45, 7) is 7.58. The van der Waals surface area contributed by atoms with Gasteiger partial charge in [-0.25, -0.2) is 0 Å². The van der Waals surface area contributed by atoms with Gasteiger partial charge in [0.1, 0.15) is 0 Å². The number of aromatic nitrogens is 4. The highest BCUT2D eigenvalue weighted by Crippen LogP contribution is 2.45. The number of ether oxygens (including phenoxy) is 1. The van der Waals surface area contributed by atoms with Crippen molar-refractivity contribution in [3.05, 3.63) is 46.4 Å². The molecule has 3 aliphatic rings. The first-order valence-corrected chi connectivity index (χ1v) is 12.8. The molecule has 0 bridgehead atoms. The van der Waals surface area contributed by atoms with E-state index in [2.05, 4.69) is 33.7 Å². The van der Waals surface area contributed by atoms with Gasteiger partial charge in [-0.2, -0.15) is 10.2 Å². The van der Waals surface area contributed by atoms with Crippen molar-refractivity contribution in [2.45, 2.75) is 51.6 Å². The molecular formula is C26H31ClN6O2. The van der Waals surface area contributed by atoms with Crippen molar-refractivity contribution in [3.8, 4) is 11.1 Å². The molecule has 0 radical (unpaired) electrons. The fourth-order valence-corrected chi connectivity index (χ4v) is 6.01. The molecule has 1 fully saturated rings. The van der Waals surface area contributed by atoms with Crippen LogP contribution in [0.2, 0.25) is 5.02 Å². The van der Waals surface area contributed by atoms with Crippen LogP contribution < -0.4 is 4.90 Å². The highest BCUT2D eigenvalue weighted by molar-refractivity contribution is 6.33. The molecule has 0 spiro atoms. The summed E-state index contributed by atoms with van der Waals surface area (Å²) in [7, 11) is 1.92. The second-order valence-corrected chi connectivity index (χ2v) is 10.4. The molecule has 8 nitrogen and oxygen atoms in total. The third kappa shape index (κ3) is 3.83. The molecule has 2 atom stereocenters. The number of nitrogens with zero attached hydrogens (tertiary/aromatic N) is 6. The van der Waals surface area contributed by atoms with E-state index in [4.69, 9.17) is 21.4 Å². The lowest BCUT2D eigenvalue weighted by molar-refractivity contribution is -0.129. The van der Waals surface area contributed by atoms with E-state index in [1.165, 1.54) is 11.3 Å². The number of anilines is 2. The van der Waals surface area contributed by atoms with Crippen LogP contribution in [-0.2, 0) is 29.5 Å². The van der Waals surface area contributed by atoms with Crippen LogP contribution in [0.5, 0.6) is 0 Å². The lowest BCUT2D eigenvalue weighted by Gasteiger charge is -2.35. The number of amides is 1. The Hall–Kier alpha value is -2.84. The molecule has 1 amide bonds. The van der Waals surface area contributed by atoms with E-state index in [9.17, 15) is 4.79 Å². The first kappa shape index (κ1) is 22.6. The minimum Gasteiger partial charge on any atom is -0.379 e. The summed E-state index contributed by atoms with van der Waals surface area (Å²) in [5, 5.41) is 10.2. The van der Waals surface area contributed by atoms with Crippen molar-refractivity contribution in [3.63, 3.8) is 0 Å². The quantitative estimate of drug-likeness (QED) is 0.538. The van der Waals surface area contributed by atoms with Crippen molar-refractivity contribution < 1.29 is 9.53 Å². The zero-order chi connectivity index (χ0) is 24.3. The maximum atomic E-state index is 12.3. The van der Waals surface area contributed by atoms with Crippen LogP contribution >= 0.6 is 11.6 Å². The van der Waals surface area contributed by atoms with Crippen LogP contribution in [0.25, 0.3) is 11.1 Å². The summed E-state index contributed by atoms with van der Waals surface area (Å²) in [5.74, 6) is 1.47. The molecule has 35 heavy (non-hydrogen) atoms. The molecule has 1 unspecified atom stereocenters. The minimum absolute atomic E-state index is 0.107. The van der Waals surface area contributed by atoms with Crippen LogP contribution in [0.1, 0.15) is 55.5 Å². The van der Waals surface area contributed by atoms with E-state index < -0.39 is 0 Å². The van der Waals surface area contributed by atoms with Crippen molar-refractivity contribution in [1.29, 1.82) is 0 Å². The Morgan fingerprint density at radius 1 is 1.23 bits per heavy atom. The highest BCUT2D eigenvalue weighted by Gasteiger charge is 2.35. The summed E-state index contributed by atoms with van der Waals surface area (Å²) >= 11 is 6.86. The molecule has 9 heteroatoms. The predicted molar refractivity (Wildman–Crippen MR) is 135 cm³/mol. The van der Waals surface area contributed by atoms with Gasteiger partial charge < -0.3 is 14.5 Å². The first-order chi connectivity index (χ1) is 16.9. The number of carbonyl (C=O) groups is 1. The van der Waals surface area contributed by atoms with Gasteiger partial charge in [-0.15, -0.1) is 0 Å². The van der Waals surface area contributed by atoms with Gasteiger partial charge in [-0.3, -0.25) is 14.2 Å². The number of carbonyl (C=O) groups excluding carboxylic acids is 1. The number of hydrogen-bond acceptors (Lipinski definition) is 5. The fraction of sp³-hybridized carbons (Fsp3) is 0.500. The molecule has 1 saturated heterocycles. The van der Waals surface area contributed by atoms with Crippen molar-refractivity contribution in [2.75, 3.05) is 31.2 Å². The average Bonchev–Trinajstić information content (AvgIpc) is 3.59. The fourth-order valence-electron chi connectivity index (χ4n) is 5.74. The van der Waals surface area contributed by atoms with Crippen molar-refractivity contribution >= 4 is 29.0 Å². The summed E-state index contributed by atoms with van der Waals surface area (Å²) in [6, 6.07) is 4.56. The van der Waals surface area contributed by atoms with Gasteiger partial charge in [-0.1, -0.05) is 18.5 Å². The minimum atomic E-state index is 0.107. The lowest BCUT2D eigenvalue weighted by atomic mass is 9.89. The number of halogens is 1. The molecular weight excluding hydrogens is 464 g/mol. The van der Waals surface area contributed by atoms with Crippen molar-refractivity contribution in [1.82, 2.24) is 24.5 Å². The van der Waals surface area contributed by atoms with Gasteiger partial charge in [0.05, 0.1) is 30.4 Å². The van der Waals surface area contributed by atoms with Crippen LogP contribution in [0, 0.1) is 0 Å². The summed E-state index contributed by atoms with van der Waals surface area (Å²) in [5.41, 5.74) is 6.80. The SMILES string of the molecule is CC(=O)N1CCc2c(c(N3CCC(C)c4cc(-c5cnn(C)c5)c(Cl)cc43)nn2[C@H]2CCOC2)C1. The molecule has 0 aliphatic carbocycles. The monoisotopic (exact) mass is 494 g/mol. The highest BCUT2D eigenvalue weighted by atomic mass is 35.5. The maximum Gasteiger partial charge on any atom is 0.219 e. The Kier molecular flexibility index (Phi) is 5.60. The number of rotatable bonds is 3. The molecule has 5 heterocycles. The van der Waals surface area contributed by atoms with Gasteiger partial charge in [0.15, 0.2) is 5.82 Å². The Labute approximate surface area is 210 Å². The van der Waals surface area contributed by atoms with Gasteiger partial charge in [-0.05, 0) is 36.5 Å². The van der Waals surface area contributed by atoms with Gasteiger partial charge in [0, 0.05) is 74.4 Å². The zero-order valence-corrected chi connectivity index (χ0v) is 21.3. The summed E-state index contributed by atoms with van der Waals surface area (Å²) in [6.07, 6.45) is 6.66. The largest absolute Gasteiger partial charge is 0.379 e. The number of aryl methyl sites for hydroxylation is 1. The van der Waals surface area contributed by atoms with E-state index in [1.54, 1.807) is 11.6 Å². The van der Waals surface area contributed by atoms with Gasteiger partial charge in [0.2, 0.25) is 5.91 Å². The van der Waals surface area contributed by atoms with Gasteiger partial charge in [0.25, 0.3) is 0 Å². The van der Waals surface area contributed by atoms with Crippen molar-refractivity contribution in [2.24, 2.45) is 7.05 Å². The molecule has 1 aromatic carbocycles. The second kappa shape index (κ2) is 8.68. The van der Waals surface area contributed by atoms with E-state index >= 15 is 0 Å². The van der Waals surface area contributed by atoms with Gasteiger partial charge >= 0.3 is 0 Å². The smallest absolute Gasteiger partial charge is 0.219 e. The molecule has 0 saturated carbocycles.